The Kier molecular flexibility index (Phi) is 8.51. The minimum Gasteiger partial charge on any atom is -0.461 e. The van der Waals surface area contributed by atoms with Gasteiger partial charge < -0.3 is 4.74 Å². The van der Waals surface area contributed by atoms with Crippen LogP contribution in [0, 0.1) is 5.92 Å². The number of rotatable bonds is 6. The first-order valence-corrected chi connectivity index (χ1v) is 5.98. The fraction of sp³-hybridized carbons (Fsp3) is 0.500. The van der Waals surface area contributed by atoms with Crippen LogP contribution in [0.4, 0.5) is 0 Å². The molecule has 17 heavy (non-hydrogen) atoms. The predicted molar refractivity (Wildman–Crippen MR) is 72.2 cm³/mol. The van der Waals surface area contributed by atoms with E-state index in [0.29, 0.717) is 6.61 Å². The number of carbonyl (C=O) groups is 1. The van der Waals surface area contributed by atoms with Gasteiger partial charge in [-0.2, -0.15) is 0 Å². The molecule has 1 rings (SSSR count). The maximum Gasteiger partial charge on any atom is 0.309 e. The minimum atomic E-state index is -0.0618. The summed E-state index contributed by atoms with van der Waals surface area (Å²) in [5.41, 5.74) is 1.04. The molecule has 0 bridgehead atoms. The predicted octanol–water partition coefficient (Wildman–Crippen LogP) is 3.98. The third-order valence-electron chi connectivity index (χ3n) is 2.69. The zero-order valence-corrected chi connectivity index (χ0v) is 11.3. The summed E-state index contributed by atoms with van der Waals surface area (Å²) in [6.45, 7) is 4.51. The molecule has 0 aromatic heterocycles. The molecular weight excluding hydrogens is 236 g/mol. The van der Waals surface area contributed by atoms with Gasteiger partial charge in [0.1, 0.15) is 6.61 Å². The maximum absolute atomic E-state index is 11.7. The third-order valence-corrected chi connectivity index (χ3v) is 2.69. The van der Waals surface area contributed by atoms with Crippen LogP contribution in [0.25, 0.3) is 0 Å². The molecule has 0 fully saturated rings. The fourth-order valence-corrected chi connectivity index (χ4v) is 1.68. The molecule has 0 aliphatic carbocycles. The molecule has 0 aliphatic heterocycles. The van der Waals surface area contributed by atoms with Gasteiger partial charge in [-0.3, -0.25) is 4.79 Å². The van der Waals surface area contributed by atoms with Crippen molar-refractivity contribution in [2.75, 3.05) is 0 Å². The number of carbonyl (C=O) groups excluding carboxylic acids is 1. The summed E-state index contributed by atoms with van der Waals surface area (Å²) in [4.78, 5) is 11.7. The summed E-state index contributed by atoms with van der Waals surface area (Å²) < 4.78 is 5.29. The Morgan fingerprint density at radius 1 is 1.24 bits per heavy atom. The first-order valence-electron chi connectivity index (χ1n) is 5.98. The van der Waals surface area contributed by atoms with E-state index in [1.807, 2.05) is 37.3 Å². The minimum absolute atomic E-state index is 0. The Morgan fingerprint density at radius 2 is 1.88 bits per heavy atom. The molecule has 0 saturated carbocycles. The normalized spacial score (nSPS) is 11.4. The molecule has 96 valence electrons. The van der Waals surface area contributed by atoms with Gasteiger partial charge in [0.2, 0.25) is 0 Å². The summed E-state index contributed by atoms with van der Waals surface area (Å²) in [7, 11) is 0. The molecule has 0 heterocycles. The molecule has 0 N–H and O–H groups in total. The van der Waals surface area contributed by atoms with E-state index in [2.05, 4.69) is 6.92 Å². The number of hydrogen-bond acceptors (Lipinski definition) is 2. The molecular formula is C14H21ClO2. The van der Waals surface area contributed by atoms with E-state index in [0.717, 1.165) is 24.8 Å². The van der Waals surface area contributed by atoms with Gasteiger partial charge in [0.05, 0.1) is 5.92 Å². The quantitative estimate of drug-likeness (QED) is 0.720. The number of hydrogen-bond donors (Lipinski definition) is 0. The van der Waals surface area contributed by atoms with Crippen LogP contribution in [0.2, 0.25) is 0 Å². The van der Waals surface area contributed by atoms with E-state index in [1.54, 1.807) is 0 Å². The highest BCUT2D eigenvalue weighted by atomic mass is 35.5. The molecule has 1 aromatic rings. The molecule has 0 aliphatic rings. The van der Waals surface area contributed by atoms with Crippen molar-refractivity contribution in [3.8, 4) is 0 Å². The Balaban J connectivity index is 0.00000256. The SMILES string of the molecule is CCCC(CC)C(=O)OCc1ccccc1.Cl. The molecule has 0 spiro atoms. The van der Waals surface area contributed by atoms with Gasteiger partial charge in [-0.1, -0.05) is 50.6 Å². The van der Waals surface area contributed by atoms with E-state index in [1.165, 1.54) is 0 Å². The van der Waals surface area contributed by atoms with E-state index in [-0.39, 0.29) is 24.3 Å². The summed E-state index contributed by atoms with van der Waals surface area (Å²) in [5.74, 6) is 0.00177. The summed E-state index contributed by atoms with van der Waals surface area (Å²) in [6, 6.07) is 9.79. The van der Waals surface area contributed by atoms with E-state index in [9.17, 15) is 4.79 Å². The summed E-state index contributed by atoms with van der Waals surface area (Å²) >= 11 is 0. The number of esters is 1. The van der Waals surface area contributed by atoms with Gasteiger partial charge in [0, 0.05) is 0 Å². The monoisotopic (exact) mass is 256 g/mol. The lowest BCUT2D eigenvalue weighted by Crippen LogP contribution is -2.16. The largest absolute Gasteiger partial charge is 0.461 e. The standard InChI is InChI=1S/C14H20O2.ClH/c1-3-8-13(4-2)14(15)16-11-12-9-6-5-7-10-12;/h5-7,9-10,13H,3-4,8,11H2,1-2H3;1H. The molecule has 1 unspecified atom stereocenters. The second-order valence-electron chi connectivity index (χ2n) is 3.99. The second kappa shape index (κ2) is 9.06. The highest BCUT2D eigenvalue weighted by molar-refractivity contribution is 5.85. The van der Waals surface area contributed by atoms with Gasteiger partial charge in [0.15, 0.2) is 0 Å². The fourth-order valence-electron chi connectivity index (χ4n) is 1.68. The van der Waals surface area contributed by atoms with Crippen molar-refractivity contribution in [2.24, 2.45) is 5.92 Å². The lowest BCUT2D eigenvalue weighted by molar-refractivity contribution is -0.150. The van der Waals surface area contributed by atoms with E-state index in [4.69, 9.17) is 4.74 Å². The van der Waals surface area contributed by atoms with Gasteiger partial charge in [0.25, 0.3) is 0 Å². The highest BCUT2D eigenvalue weighted by Gasteiger charge is 2.16. The van der Waals surface area contributed by atoms with Crippen molar-refractivity contribution >= 4 is 18.4 Å². The van der Waals surface area contributed by atoms with Crippen LogP contribution >= 0.6 is 12.4 Å². The summed E-state index contributed by atoms with van der Waals surface area (Å²) in [6.07, 6.45) is 2.81. The molecule has 2 nitrogen and oxygen atoms in total. The third kappa shape index (κ3) is 5.73. The first kappa shape index (κ1) is 16.0. The van der Waals surface area contributed by atoms with Crippen LogP contribution in [-0.2, 0) is 16.1 Å². The lowest BCUT2D eigenvalue weighted by atomic mass is 10.0. The smallest absolute Gasteiger partial charge is 0.309 e. The molecule has 1 atom stereocenters. The summed E-state index contributed by atoms with van der Waals surface area (Å²) in [5, 5.41) is 0. The topological polar surface area (TPSA) is 26.3 Å². The molecule has 0 radical (unpaired) electrons. The molecule has 0 amide bonds. The molecule has 0 saturated heterocycles. The van der Waals surface area contributed by atoms with Crippen LogP contribution in [0.1, 0.15) is 38.7 Å². The maximum atomic E-state index is 11.7. The van der Waals surface area contributed by atoms with Crippen LogP contribution < -0.4 is 0 Å². The Morgan fingerprint density at radius 3 is 2.41 bits per heavy atom. The van der Waals surface area contributed by atoms with Crippen LogP contribution in [0.15, 0.2) is 30.3 Å². The zero-order chi connectivity index (χ0) is 11.8. The van der Waals surface area contributed by atoms with Crippen molar-refractivity contribution in [2.45, 2.75) is 39.7 Å². The average Bonchev–Trinajstić information content (AvgIpc) is 2.34. The van der Waals surface area contributed by atoms with E-state index >= 15 is 0 Å². The lowest BCUT2D eigenvalue weighted by Gasteiger charge is -2.12. The van der Waals surface area contributed by atoms with Crippen molar-refractivity contribution in [1.29, 1.82) is 0 Å². The molecule has 1 aromatic carbocycles. The van der Waals surface area contributed by atoms with Gasteiger partial charge in [-0.15, -0.1) is 12.4 Å². The molecule has 3 heteroatoms. The van der Waals surface area contributed by atoms with Gasteiger partial charge >= 0.3 is 5.97 Å². The number of halogens is 1. The highest BCUT2D eigenvalue weighted by Crippen LogP contribution is 2.13. The Labute approximate surface area is 110 Å². The van der Waals surface area contributed by atoms with Gasteiger partial charge in [-0.25, -0.2) is 0 Å². The Bertz CT molecular complexity index is 311. The van der Waals surface area contributed by atoms with Crippen LogP contribution in [0.3, 0.4) is 0 Å². The Hall–Kier alpha value is -1.02. The van der Waals surface area contributed by atoms with Crippen molar-refractivity contribution in [1.82, 2.24) is 0 Å². The zero-order valence-electron chi connectivity index (χ0n) is 10.5. The van der Waals surface area contributed by atoms with Crippen molar-refractivity contribution < 1.29 is 9.53 Å². The first-order chi connectivity index (χ1) is 7.77. The van der Waals surface area contributed by atoms with Crippen molar-refractivity contribution in [3.05, 3.63) is 35.9 Å². The number of ether oxygens (including phenoxy) is 1. The van der Waals surface area contributed by atoms with Crippen LogP contribution in [0.5, 0.6) is 0 Å². The van der Waals surface area contributed by atoms with Crippen molar-refractivity contribution in [3.63, 3.8) is 0 Å². The van der Waals surface area contributed by atoms with E-state index < -0.39 is 0 Å². The van der Waals surface area contributed by atoms with Gasteiger partial charge in [-0.05, 0) is 18.4 Å². The average molecular weight is 257 g/mol. The van der Waals surface area contributed by atoms with Crippen LogP contribution in [-0.4, -0.2) is 5.97 Å². The number of benzene rings is 1. The second-order valence-corrected chi connectivity index (χ2v) is 3.99.